The van der Waals surface area contributed by atoms with Crippen molar-refractivity contribution in [1.29, 1.82) is 0 Å². The van der Waals surface area contributed by atoms with Gasteiger partial charge in [-0.2, -0.15) is 24.9 Å². The van der Waals surface area contributed by atoms with Gasteiger partial charge in [0, 0.05) is 10.5 Å². The van der Waals surface area contributed by atoms with Crippen molar-refractivity contribution in [1.82, 2.24) is 0 Å². The molecular weight excluding hydrogens is 313 g/mol. The van der Waals surface area contributed by atoms with E-state index >= 15 is 0 Å². The van der Waals surface area contributed by atoms with Gasteiger partial charge in [0.1, 0.15) is 5.75 Å². The first-order valence-corrected chi connectivity index (χ1v) is 8.40. The summed E-state index contributed by atoms with van der Waals surface area (Å²) in [7, 11) is 1.22. The highest BCUT2D eigenvalue weighted by Gasteiger charge is 2.44. The molecule has 2 saturated heterocycles. The van der Waals surface area contributed by atoms with E-state index in [2.05, 4.69) is 0 Å². The Morgan fingerprint density at radius 3 is 2.41 bits per heavy atom. The Morgan fingerprint density at radius 2 is 1.86 bits per heavy atom. The Morgan fingerprint density at radius 1 is 1.23 bits per heavy atom. The molecule has 2 heterocycles. The van der Waals surface area contributed by atoms with Gasteiger partial charge in [-0.25, -0.2) is 0 Å². The molecular formula is C16H19F3O2S. The predicted molar refractivity (Wildman–Crippen MR) is 80.1 cm³/mol. The highest BCUT2D eigenvalue weighted by Crippen LogP contribution is 2.50. The van der Waals surface area contributed by atoms with Crippen LogP contribution in [0.2, 0.25) is 0 Å². The maximum Gasteiger partial charge on any atom is 0.419 e. The quantitative estimate of drug-likeness (QED) is 0.873. The lowest BCUT2D eigenvalue weighted by Gasteiger charge is -2.44. The van der Waals surface area contributed by atoms with Gasteiger partial charge < -0.3 is 9.84 Å². The second-order valence-electron chi connectivity index (χ2n) is 6.16. The number of rotatable bonds is 2. The Hall–Kier alpha value is -0.880. The van der Waals surface area contributed by atoms with Crippen molar-refractivity contribution in [3.8, 4) is 5.75 Å². The van der Waals surface area contributed by atoms with Crippen LogP contribution < -0.4 is 4.74 Å². The Labute approximate surface area is 132 Å². The largest absolute Gasteiger partial charge is 0.496 e. The summed E-state index contributed by atoms with van der Waals surface area (Å²) in [5.41, 5.74) is -1.62. The molecule has 0 aliphatic carbocycles. The van der Waals surface area contributed by atoms with E-state index in [1.165, 1.54) is 13.2 Å². The maximum absolute atomic E-state index is 13.2. The molecule has 1 aromatic carbocycles. The number of thioether (sulfide) groups is 1. The molecule has 122 valence electrons. The maximum atomic E-state index is 13.2. The van der Waals surface area contributed by atoms with E-state index in [0.717, 1.165) is 25.3 Å². The first-order chi connectivity index (χ1) is 10.3. The number of aliphatic hydroxyl groups is 1. The fraction of sp³-hybridized carbons (Fsp3) is 0.625. The molecule has 0 radical (unpaired) electrons. The average Bonchev–Trinajstić information content (AvgIpc) is 2.45. The normalized spacial score (nSPS) is 31.9. The fourth-order valence-corrected chi connectivity index (χ4v) is 5.47. The first-order valence-electron chi connectivity index (χ1n) is 7.45. The zero-order valence-electron chi connectivity index (χ0n) is 12.3. The van der Waals surface area contributed by atoms with E-state index in [4.69, 9.17) is 4.74 Å². The van der Waals surface area contributed by atoms with Gasteiger partial charge in [0.15, 0.2) is 0 Å². The van der Waals surface area contributed by atoms with Gasteiger partial charge in [0.2, 0.25) is 0 Å². The van der Waals surface area contributed by atoms with Crippen molar-refractivity contribution in [2.45, 2.75) is 54.4 Å². The topological polar surface area (TPSA) is 29.5 Å². The van der Waals surface area contributed by atoms with Gasteiger partial charge >= 0.3 is 6.18 Å². The van der Waals surface area contributed by atoms with Crippen molar-refractivity contribution in [2.24, 2.45) is 0 Å². The summed E-state index contributed by atoms with van der Waals surface area (Å²) < 4.78 is 44.3. The summed E-state index contributed by atoms with van der Waals surface area (Å²) in [6.45, 7) is 0. The fourth-order valence-electron chi connectivity index (χ4n) is 3.57. The minimum absolute atomic E-state index is 0.203. The lowest BCUT2D eigenvalue weighted by Crippen LogP contribution is -2.40. The van der Waals surface area contributed by atoms with Crippen LogP contribution in [0.5, 0.6) is 5.75 Å². The summed E-state index contributed by atoms with van der Waals surface area (Å²) in [5.74, 6) is -0.203. The molecule has 2 bridgehead atoms. The van der Waals surface area contributed by atoms with Gasteiger partial charge in [0.05, 0.1) is 18.3 Å². The molecule has 0 spiro atoms. The standard InChI is InChI=1S/C16H19F3O2S/c1-21-14-6-5-10(7-13(14)16(17,18)19)15(20)8-11-3-2-4-12(9-15)22-11/h5-7,11-12,20H,2-4,8-9H2,1H3. The average molecular weight is 332 g/mol. The number of ether oxygens (including phenoxy) is 1. The molecule has 0 amide bonds. The lowest BCUT2D eigenvalue weighted by atomic mass is 9.80. The van der Waals surface area contributed by atoms with Gasteiger partial charge in [0.25, 0.3) is 0 Å². The number of fused-ring (bicyclic) bond motifs is 2. The van der Waals surface area contributed by atoms with E-state index in [1.807, 2.05) is 11.8 Å². The molecule has 0 aromatic heterocycles. The molecule has 1 N–H and O–H groups in total. The molecule has 2 unspecified atom stereocenters. The second kappa shape index (κ2) is 5.64. The molecule has 3 rings (SSSR count). The molecule has 0 saturated carbocycles. The van der Waals surface area contributed by atoms with Crippen LogP contribution in [0.1, 0.15) is 43.2 Å². The third-order valence-corrected chi connectivity index (χ3v) is 6.18. The van der Waals surface area contributed by atoms with Crippen molar-refractivity contribution in [2.75, 3.05) is 7.11 Å². The van der Waals surface area contributed by atoms with Crippen molar-refractivity contribution >= 4 is 11.8 Å². The molecule has 2 nitrogen and oxygen atoms in total. The van der Waals surface area contributed by atoms with Crippen LogP contribution in [-0.2, 0) is 11.8 Å². The van der Waals surface area contributed by atoms with Crippen LogP contribution >= 0.6 is 11.8 Å². The molecule has 2 aliphatic rings. The number of benzene rings is 1. The van der Waals surface area contributed by atoms with E-state index in [1.54, 1.807) is 6.07 Å². The van der Waals surface area contributed by atoms with E-state index in [9.17, 15) is 18.3 Å². The number of hydrogen-bond donors (Lipinski definition) is 1. The SMILES string of the molecule is COc1ccc(C2(O)CC3CCCC(C2)S3)cc1C(F)(F)F. The third kappa shape index (κ3) is 2.95. The number of methoxy groups -OCH3 is 1. The van der Waals surface area contributed by atoms with Crippen LogP contribution in [0.15, 0.2) is 18.2 Å². The zero-order valence-corrected chi connectivity index (χ0v) is 13.1. The van der Waals surface area contributed by atoms with Gasteiger partial charge in [-0.05, 0) is 43.4 Å². The summed E-state index contributed by atoms with van der Waals surface area (Å²) in [4.78, 5) is 0. The zero-order chi connectivity index (χ0) is 16.0. The minimum atomic E-state index is -4.49. The highest BCUT2D eigenvalue weighted by molar-refractivity contribution is 8.00. The van der Waals surface area contributed by atoms with Crippen LogP contribution in [0, 0.1) is 0 Å². The van der Waals surface area contributed by atoms with Crippen LogP contribution in [0.4, 0.5) is 13.2 Å². The number of alkyl halides is 3. The second-order valence-corrected chi connectivity index (χ2v) is 7.77. The van der Waals surface area contributed by atoms with E-state index in [-0.39, 0.29) is 5.75 Å². The van der Waals surface area contributed by atoms with Crippen LogP contribution in [-0.4, -0.2) is 22.7 Å². The third-order valence-electron chi connectivity index (χ3n) is 4.61. The molecule has 6 heteroatoms. The smallest absolute Gasteiger partial charge is 0.419 e. The molecule has 2 aliphatic heterocycles. The molecule has 2 fully saturated rings. The molecule has 2 atom stereocenters. The van der Waals surface area contributed by atoms with Crippen LogP contribution in [0.3, 0.4) is 0 Å². The molecule has 22 heavy (non-hydrogen) atoms. The van der Waals surface area contributed by atoms with Gasteiger partial charge in [-0.15, -0.1) is 0 Å². The lowest BCUT2D eigenvalue weighted by molar-refractivity contribution is -0.139. The first kappa shape index (κ1) is 16.0. The molecule has 1 aromatic rings. The predicted octanol–water partition coefficient (Wildman–Crippen LogP) is 4.35. The summed E-state index contributed by atoms with van der Waals surface area (Å²) in [5, 5.41) is 11.7. The highest BCUT2D eigenvalue weighted by atomic mass is 32.2. The summed E-state index contributed by atoms with van der Waals surface area (Å²) >= 11 is 1.88. The Kier molecular flexibility index (Phi) is 4.10. The van der Waals surface area contributed by atoms with Crippen molar-refractivity contribution in [3.63, 3.8) is 0 Å². The van der Waals surface area contributed by atoms with E-state index in [0.29, 0.717) is 28.9 Å². The van der Waals surface area contributed by atoms with Crippen molar-refractivity contribution < 1.29 is 23.0 Å². The van der Waals surface area contributed by atoms with Gasteiger partial charge in [-0.3, -0.25) is 0 Å². The van der Waals surface area contributed by atoms with Gasteiger partial charge in [-0.1, -0.05) is 12.5 Å². The minimum Gasteiger partial charge on any atom is -0.496 e. The summed E-state index contributed by atoms with van der Waals surface area (Å²) in [6, 6.07) is 3.94. The number of halogens is 3. The van der Waals surface area contributed by atoms with Crippen LogP contribution in [0.25, 0.3) is 0 Å². The Balaban J connectivity index is 1.97. The number of hydrogen-bond acceptors (Lipinski definition) is 3. The summed E-state index contributed by atoms with van der Waals surface area (Å²) in [6.07, 6.45) is -0.223. The van der Waals surface area contributed by atoms with Crippen molar-refractivity contribution in [3.05, 3.63) is 29.3 Å². The monoisotopic (exact) mass is 332 g/mol. The Bertz CT molecular complexity index is 547. The van der Waals surface area contributed by atoms with E-state index < -0.39 is 17.3 Å².